The molecular weight excluding hydrogens is 328 g/mol. The average Bonchev–Trinajstić information content (AvgIpc) is 2.67. The van der Waals surface area contributed by atoms with E-state index < -0.39 is 8.80 Å². The zero-order valence-electron chi connectivity index (χ0n) is 16.6. The smallest absolute Gasteiger partial charge is 0.373 e. The molecule has 0 heterocycles. The van der Waals surface area contributed by atoms with Crippen molar-refractivity contribution in [1.82, 2.24) is 0 Å². The van der Waals surface area contributed by atoms with Gasteiger partial charge in [-0.15, -0.1) is 0 Å². The van der Waals surface area contributed by atoms with Crippen LogP contribution in [-0.4, -0.2) is 29.6 Å². The van der Waals surface area contributed by atoms with Crippen LogP contribution in [-0.2, 0) is 13.3 Å². The molecule has 144 valence electrons. The summed E-state index contributed by atoms with van der Waals surface area (Å²) in [5.41, 5.74) is 0. The molecule has 1 rings (SSSR count). The summed E-state index contributed by atoms with van der Waals surface area (Å²) in [6, 6.07) is 10.1. The third kappa shape index (κ3) is 9.00. The Hall–Kier alpha value is -0.683. The summed E-state index contributed by atoms with van der Waals surface area (Å²) < 4.78 is 17.4. The molecule has 0 aliphatic rings. The molecule has 0 bridgehead atoms. The second kappa shape index (κ2) is 14.5. The molecule has 0 spiro atoms. The van der Waals surface area contributed by atoms with Crippen molar-refractivity contribution in [2.24, 2.45) is 0 Å². The minimum atomic E-state index is -2.72. The molecule has 1 aromatic carbocycles. The normalized spacial score (nSPS) is 11.8. The molecule has 25 heavy (non-hydrogen) atoms. The molecular formula is C21H38O3Si. The monoisotopic (exact) mass is 366 g/mol. The molecule has 1 aromatic rings. The summed E-state index contributed by atoms with van der Waals surface area (Å²) in [6.07, 6.45) is 14.7. The van der Waals surface area contributed by atoms with Gasteiger partial charge >= 0.3 is 8.80 Å². The van der Waals surface area contributed by atoms with Gasteiger partial charge in [0.25, 0.3) is 0 Å². The minimum Gasteiger partial charge on any atom is -0.373 e. The van der Waals surface area contributed by atoms with Crippen LogP contribution < -0.4 is 5.19 Å². The van der Waals surface area contributed by atoms with E-state index in [2.05, 4.69) is 6.92 Å². The van der Waals surface area contributed by atoms with Gasteiger partial charge in [0, 0.05) is 26.0 Å². The van der Waals surface area contributed by atoms with Gasteiger partial charge in [0.2, 0.25) is 0 Å². The lowest BCUT2D eigenvalue weighted by Crippen LogP contribution is -2.55. The van der Waals surface area contributed by atoms with Crippen molar-refractivity contribution >= 4 is 14.0 Å². The summed E-state index contributed by atoms with van der Waals surface area (Å²) in [7, 11) is 0.651. The van der Waals surface area contributed by atoms with Crippen LogP contribution >= 0.6 is 0 Å². The van der Waals surface area contributed by atoms with E-state index in [1.165, 1.54) is 64.2 Å². The van der Waals surface area contributed by atoms with E-state index in [4.69, 9.17) is 13.3 Å². The van der Waals surface area contributed by atoms with Crippen molar-refractivity contribution in [2.45, 2.75) is 77.6 Å². The van der Waals surface area contributed by atoms with E-state index in [1.807, 2.05) is 30.3 Å². The molecule has 4 heteroatoms. The van der Waals surface area contributed by atoms with Gasteiger partial charge in [0.15, 0.2) is 0 Å². The highest BCUT2D eigenvalue weighted by atomic mass is 28.4. The molecule has 0 N–H and O–H groups in total. The van der Waals surface area contributed by atoms with E-state index in [9.17, 15) is 0 Å². The van der Waals surface area contributed by atoms with Gasteiger partial charge in [-0.2, -0.15) is 0 Å². The lowest BCUT2D eigenvalue weighted by molar-refractivity contribution is 0.111. The fraction of sp³-hybridized carbons (Fsp3) is 0.714. The first-order chi connectivity index (χ1) is 12.3. The van der Waals surface area contributed by atoms with Crippen LogP contribution in [0.3, 0.4) is 0 Å². The van der Waals surface area contributed by atoms with Crippen molar-refractivity contribution in [3.8, 4) is 0 Å². The maximum Gasteiger partial charge on any atom is 0.536 e. The summed E-state index contributed by atoms with van der Waals surface area (Å²) in [6.45, 7) is 2.98. The highest BCUT2D eigenvalue weighted by Gasteiger charge is 2.41. The van der Waals surface area contributed by atoms with Crippen molar-refractivity contribution in [2.75, 3.05) is 20.8 Å². The molecule has 0 amide bonds. The van der Waals surface area contributed by atoms with Crippen molar-refractivity contribution < 1.29 is 13.3 Å². The largest absolute Gasteiger partial charge is 0.536 e. The second-order valence-corrected chi connectivity index (χ2v) is 9.51. The van der Waals surface area contributed by atoms with E-state index >= 15 is 0 Å². The molecule has 0 aromatic heterocycles. The lowest BCUT2D eigenvalue weighted by Gasteiger charge is -2.26. The molecule has 0 aliphatic heterocycles. The lowest BCUT2D eigenvalue weighted by atomic mass is 10.1. The summed E-state index contributed by atoms with van der Waals surface area (Å²) in [5, 5.41) is 1.03. The molecule has 0 atom stereocenters. The first kappa shape index (κ1) is 22.4. The molecule has 0 saturated carbocycles. The molecule has 0 fully saturated rings. The van der Waals surface area contributed by atoms with Gasteiger partial charge in [-0.1, -0.05) is 101 Å². The standard InChI is InChI=1S/C21H38O3Si/c1-4-5-6-7-8-9-10-11-12-13-17-20-24-25(22-2,23-3)21-18-15-14-16-19-21/h14-16,18-19H,4-13,17,20H2,1-3H3. The molecule has 0 unspecified atom stereocenters. The minimum absolute atomic E-state index is 0.708. The predicted octanol–water partition coefficient (Wildman–Crippen LogP) is 5.45. The van der Waals surface area contributed by atoms with Crippen LogP contribution in [0.4, 0.5) is 0 Å². The number of unbranched alkanes of at least 4 members (excludes halogenated alkanes) is 10. The van der Waals surface area contributed by atoms with Crippen LogP contribution in [0.5, 0.6) is 0 Å². The molecule has 0 saturated heterocycles. The van der Waals surface area contributed by atoms with Gasteiger partial charge in [-0.05, 0) is 6.42 Å². The summed E-state index contributed by atoms with van der Waals surface area (Å²) >= 11 is 0. The van der Waals surface area contributed by atoms with Gasteiger partial charge in [0.1, 0.15) is 0 Å². The van der Waals surface area contributed by atoms with E-state index in [-0.39, 0.29) is 0 Å². The van der Waals surface area contributed by atoms with Crippen molar-refractivity contribution in [3.63, 3.8) is 0 Å². The molecule has 3 nitrogen and oxygen atoms in total. The summed E-state index contributed by atoms with van der Waals surface area (Å²) in [4.78, 5) is 0. The summed E-state index contributed by atoms with van der Waals surface area (Å²) in [5.74, 6) is 0. The predicted molar refractivity (Wildman–Crippen MR) is 108 cm³/mol. The Labute approximate surface area is 156 Å². The third-order valence-electron chi connectivity index (χ3n) is 4.70. The topological polar surface area (TPSA) is 27.7 Å². The first-order valence-corrected chi connectivity index (χ1v) is 11.8. The Bertz CT molecular complexity index is 407. The average molecular weight is 367 g/mol. The Morgan fingerprint density at radius 3 is 1.64 bits per heavy atom. The number of hydrogen-bond donors (Lipinski definition) is 0. The fourth-order valence-corrected chi connectivity index (χ4v) is 5.19. The maximum atomic E-state index is 6.09. The van der Waals surface area contributed by atoms with Crippen LogP contribution in [0.15, 0.2) is 30.3 Å². The second-order valence-electron chi connectivity index (χ2n) is 6.71. The van der Waals surface area contributed by atoms with Crippen molar-refractivity contribution in [1.29, 1.82) is 0 Å². The van der Waals surface area contributed by atoms with E-state index in [0.717, 1.165) is 11.6 Å². The SMILES string of the molecule is CCCCCCCCCCCCCO[Si](OC)(OC)c1ccccc1. The van der Waals surface area contributed by atoms with Crippen LogP contribution in [0.2, 0.25) is 0 Å². The van der Waals surface area contributed by atoms with Gasteiger partial charge in [-0.3, -0.25) is 0 Å². The number of rotatable bonds is 16. The first-order valence-electron chi connectivity index (χ1n) is 10.1. The van der Waals surface area contributed by atoms with Crippen molar-refractivity contribution in [3.05, 3.63) is 30.3 Å². The Morgan fingerprint density at radius 2 is 1.16 bits per heavy atom. The van der Waals surface area contributed by atoms with E-state index in [1.54, 1.807) is 14.2 Å². The fourth-order valence-electron chi connectivity index (χ4n) is 3.14. The van der Waals surface area contributed by atoms with Gasteiger partial charge in [-0.25, -0.2) is 0 Å². The Kier molecular flexibility index (Phi) is 13.0. The highest BCUT2D eigenvalue weighted by molar-refractivity contribution is 6.75. The highest BCUT2D eigenvalue weighted by Crippen LogP contribution is 2.13. The molecule has 0 radical (unpaired) electrons. The Morgan fingerprint density at radius 1 is 0.680 bits per heavy atom. The maximum absolute atomic E-state index is 6.09. The van der Waals surface area contributed by atoms with E-state index in [0.29, 0.717) is 6.61 Å². The third-order valence-corrected chi connectivity index (χ3v) is 7.40. The number of hydrogen-bond acceptors (Lipinski definition) is 3. The molecule has 0 aliphatic carbocycles. The van der Waals surface area contributed by atoms with Crippen LogP contribution in [0, 0.1) is 0 Å². The Balaban J connectivity index is 2.09. The van der Waals surface area contributed by atoms with Gasteiger partial charge in [0.05, 0.1) is 0 Å². The van der Waals surface area contributed by atoms with Crippen LogP contribution in [0.25, 0.3) is 0 Å². The zero-order chi connectivity index (χ0) is 18.2. The van der Waals surface area contributed by atoms with Gasteiger partial charge < -0.3 is 13.3 Å². The zero-order valence-corrected chi connectivity index (χ0v) is 17.6. The number of benzene rings is 1. The van der Waals surface area contributed by atoms with Crippen LogP contribution in [0.1, 0.15) is 77.6 Å². The quantitative estimate of drug-likeness (QED) is 0.287.